The van der Waals surface area contributed by atoms with Crippen molar-refractivity contribution >= 4 is 12.1 Å². The lowest BCUT2D eigenvalue weighted by Crippen LogP contribution is -2.48. The Kier molecular flexibility index (Phi) is 5.03. The summed E-state index contributed by atoms with van der Waals surface area (Å²) in [6.45, 7) is 4.15. The van der Waals surface area contributed by atoms with Gasteiger partial charge < -0.3 is 30.2 Å². The minimum atomic E-state index is -1.42. The average Bonchev–Trinajstić information content (AvgIpc) is 2.65. The molecular formula is C12H18N2O7. The first kappa shape index (κ1) is 16.6. The zero-order valence-electron chi connectivity index (χ0n) is 11.9. The largest absolute Gasteiger partial charge is 0.492 e. The Balaban J connectivity index is 2.68. The molecule has 0 unspecified atom stereocenters. The normalized spacial score (nSPS) is 12.6. The molecule has 0 spiro atoms. The van der Waals surface area contributed by atoms with Crippen molar-refractivity contribution in [3.8, 4) is 11.8 Å². The van der Waals surface area contributed by atoms with E-state index in [1.54, 1.807) is 20.8 Å². The number of amides is 1. The molecule has 21 heavy (non-hydrogen) atoms. The lowest BCUT2D eigenvalue weighted by molar-refractivity contribution is -0.149. The molecule has 1 aromatic rings. The van der Waals surface area contributed by atoms with Crippen LogP contribution in [0.1, 0.15) is 20.8 Å². The topological polar surface area (TPSA) is 130 Å². The fourth-order valence-corrected chi connectivity index (χ4v) is 1.28. The van der Waals surface area contributed by atoms with Crippen molar-refractivity contribution in [2.75, 3.05) is 6.61 Å². The van der Waals surface area contributed by atoms with Crippen molar-refractivity contribution < 1.29 is 34.5 Å². The second-order valence-corrected chi connectivity index (χ2v) is 5.14. The summed E-state index contributed by atoms with van der Waals surface area (Å²) in [5.41, 5.74) is -0.773. The van der Waals surface area contributed by atoms with Gasteiger partial charge in [0.25, 0.3) is 0 Å². The Labute approximate surface area is 120 Å². The van der Waals surface area contributed by atoms with Crippen LogP contribution in [0.3, 0.4) is 0 Å². The fourth-order valence-electron chi connectivity index (χ4n) is 1.28. The van der Waals surface area contributed by atoms with Gasteiger partial charge in [0.05, 0.1) is 6.61 Å². The maximum Gasteiger partial charge on any atom is 0.408 e. The summed E-state index contributed by atoms with van der Waals surface area (Å²) in [7, 11) is 0. The number of hydrogen-bond donors (Lipinski definition) is 4. The Bertz CT molecular complexity index is 499. The van der Waals surface area contributed by atoms with Gasteiger partial charge in [0.1, 0.15) is 5.60 Å². The molecule has 1 aromatic heterocycles. The maximum absolute atomic E-state index is 11.8. The number of aromatic nitrogens is 1. The van der Waals surface area contributed by atoms with Crippen LogP contribution in [0, 0.1) is 0 Å². The highest BCUT2D eigenvalue weighted by molar-refractivity contribution is 5.81. The third kappa shape index (κ3) is 4.88. The van der Waals surface area contributed by atoms with E-state index in [9.17, 15) is 19.8 Å². The molecular weight excluding hydrogens is 284 g/mol. The molecule has 1 heterocycles. The first-order chi connectivity index (χ1) is 9.64. The summed E-state index contributed by atoms with van der Waals surface area (Å²) in [6.07, 6.45) is -0.917. The van der Waals surface area contributed by atoms with E-state index < -0.39 is 42.1 Å². The second-order valence-electron chi connectivity index (χ2n) is 5.14. The lowest BCUT2D eigenvalue weighted by atomic mass is 10.2. The van der Waals surface area contributed by atoms with Crippen LogP contribution < -0.4 is 10.2 Å². The molecule has 9 nitrogen and oxygen atoms in total. The molecule has 0 fully saturated rings. The van der Waals surface area contributed by atoms with Crippen molar-refractivity contribution in [1.82, 2.24) is 10.0 Å². The number of nitrogens with one attached hydrogen (secondary N) is 1. The number of alkyl carbamates (subject to hydrolysis) is 1. The molecule has 0 aliphatic rings. The Hall–Kier alpha value is -2.42. The minimum absolute atomic E-state index is 0.446. The first-order valence-electron chi connectivity index (χ1n) is 6.06. The molecule has 4 N–H and O–H groups in total. The molecule has 118 valence electrons. The summed E-state index contributed by atoms with van der Waals surface area (Å²) in [6, 6.07) is 0.775. The second kappa shape index (κ2) is 6.35. The van der Waals surface area contributed by atoms with Crippen LogP contribution in [0.25, 0.3) is 0 Å². The molecule has 0 aromatic carbocycles. The van der Waals surface area contributed by atoms with Gasteiger partial charge in [0.2, 0.25) is 11.8 Å². The van der Waals surface area contributed by atoms with Gasteiger partial charge >= 0.3 is 12.1 Å². The average molecular weight is 302 g/mol. The number of nitrogens with zero attached hydrogens (tertiary/aromatic N) is 1. The van der Waals surface area contributed by atoms with E-state index >= 15 is 0 Å². The number of carbonyl (C=O) groups excluding carboxylic acids is 2. The Morgan fingerprint density at radius 1 is 1.29 bits per heavy atom. The Morgan fingerprint density at radius 3 is 2.24 bits per heavy atom. The van der Waals surface area contributed by atoms with Gasteiger partial charge in [-0.1, -0.05) is 0 Å². The summed E-state index contributed by atoms with van der Waals surface area (Å²) in [5.74, 6) is -2.13. The van der Waals surface area contributed by atoms with Crippen LogP contribution in [0.15, 0.2) is 12.1 Å². The predicted octanol–water partition coefficient (Wildman–Crippen LogP) is -0.260. The molecule has 1 rings (SSSR count). The standard InChI is InChI=1S/C12H18N2O7/c1-12(2,3)20-11(19)13-7(6-15)10(18)21-14-8(16)4-5-9(14)17/h4-5,7,15-17H,6H2,1-3H3,(H,13,19)/t7-/m1/s1. The summed E-state index contributed by atoms with van der Waals surface area (Å²) in [5, 5.41) is 29.9. The van der Waals surface area contributed by atoms with Crippen LogP contribution in [0.2, 0.25) is 0 Å². The molecule has 1 amide bonds. The molecule has 0 aliphatic heterocycles. The van der Waals surface area contributed by atoms with E-state index in [2.05, 4.69) is 10.2 Å². The third-order valence-electron chi connectivity index (χ3n) is 2.14. The van der Waals surface area contributed by atoms with Gasteiger partial charge in [0, 0.05) is 12.1 Å². The minimum Gasteiger partial charge on any atom is -0.492 e. The molecule has 0 aliphatic carbocycles. The van der Waals surface area contributed by atoms with E-state index in [1.165, 1.54) is 0 Å². The van der Waals surface area contributed by atoms with Crippen molar-refractivity contribution in [2.45, 2.75) is 32.4 Å². The smallest absolute Gasteiger partial charge is 0.408 e. The maximum atomic E-state index is 11.8. The zero-order chi connectivity index (χ0) is 16.2. The van der Waals surface area contributed by atoms with Gasteiger partial charge in [-0.25, -0.2) is 9.59 Å². The zero-order valence-corrected chi connectivity index (χ0v) is 11.9. The van der Waals surface area contributed by atoms with Crippen LogP contribution in [0.5, 0.6) is 11.8 Å². The molecule has 9 heteroatoms. The number of ether oxygens (including phenoxy) is 1. The summed E-state index contributed by atoms with van der Waals surface area (Å²) >= 11 is 0. The third-order valence-corrected chi connectivity index (χ3v) is 2.14. The highest BCUT2D eigenvalue weighted by Gasteiger charge is 2.26. The van der Waals surface area contributed by atoms with Crippen LogP contribution in [0.4, 0.5) is 4.79 Å². The molecule has 1 atom stereocenters. The quantitative estimate of drug-likeness (QED) is 0.602. The molecule has 0 bridgehead atoms. The Morgan fingerprint density at radius 2 is 1.81 bits per heavy atom. The van der Waals surface area contributed by atoms with Crippen molar-refractivity contribution in [3.63, 3.8) is 0 Å². The number of aliphatic hydroxyl groups is 1. The number of rotatable bonds is 4. The predicted molar refractivity (Wildman–Crippen MR) is 69.6 cm³/mol. The number of hydrogen-bond acceptors (Lipinski definition) is 7. The highest BCUT2D eigenvalue weighted by Crippen LogP contribution is 2.18. The van der Waals surface area contributed by atoms with Gasteiger partial charge in [0.15, 0.2) is 6.04 Å². The molecule has 0 saturated carbocycles. The van der Waals surface area contributed by atoms with Crippen molar-refractivity contribution in [3.05, 3.63) is 12.1 Å². The number of aliphatic hydroxyl groups excluding tert-OH is 1. The van der Waals surface area contributed by atoms with E-state index in [4.69, 9.17) is 9.84 Å². The van der Waals surface area contributed by atoms with E-state index in [1.807, 2.05) is 0 Å². The monoisotopic (exact) mass is 302 g/mol. The van der Waals surface area contributed by atoms with Gasteiger partial charge in [-0.2, -0.15) is 0 Å². The van der Waals surface area contributed by atoms with Crippen molar-refractivity contribution in [2.24, 2.45) is 0 Å². The first-order valence-corrected chi connectivity index (χ1v) is 6.06. The number of carbonyl (C=O) groups is 2. The van der Waals surface area contributed by atoms with Gasteiger partial charge in [-0.05, 0) is 20.8 Å². The fraction of sp³-hybridized carbons (Fsp3) is 0.500. The summed E-state index contributed by atoms with van der Waals surface area (Å²) in [4.78, 5) is 27.9. The lowest BCUT2D eigenvalue weighted by Gasteiger charge is -2.22. The van der Waals surface area contributed by atoms with E-state index in [0.29, 0.717) is 4.73 Å². The highest BCUT2D eigenvalue weighted by atomic mass is 16.7. The van der Waals surface area contributed by atoms with Crippen LogP contribution >= 0.6 is 0 Å². The van der Waals surface area contributed by atoms with Crippen LogP contribution in [-0.2, 0) is 9.53 Å². The molecule has 0 radical (unpaired) electrons. The number of aromatic hydroxyl groups is 2. The van der Waals surface area contributed by atoms with Gasteiger partial charge in [-0.3, -0.25) is 0 Å². The summed E-state index contributed by atoms with van der Waals surface area (Å²) < 4.78 is 5.37. The van der Waals surface area contributed by atoms with E-state index in [-0.39, 0.29) is 0 Å². The SMILES string of the molecule is CC(C)(C)OC(=O)N[C@H](CO)C(=O)On1c(O)ccc1O. The van der Waals surface area contributed by atoms with Gasteiger partial charge in [-0.15, -0.1) is 4.73 Å². The van der Waals surface area contributed by atoms with E-state index in [0.717, 1.165) is 12.1 Å². The van der Waals surface area contributed by atoms with Crippen LogP contribution in [-0.4, -0.2) is 50.4 Å². The molecule has 0 saturated heterocycles. The van der Waals surface area contributed by atoms with Crippen molar-refractivity contribution in [1.29, 1.82) is 0 Å².